The van der Waals surface area contributed by atoms with Crippen LogP contribution in [0.4, 0.5) is 28.4 Å². The summed E-state index contributed by atoms with van der Waals surface area (Å²) in [5.74, 6) is 0.257. The van der Waals surface area contributed by atoms with Crippen molar-refractivity contribution < 1.29 is 4.42 Å². The molecule has 1 aromatic heterocycles. The van der Waals surface area contributed by atoms with Gasteiger partial charge in [-0.3, -0.25) is 0 Å². The second-order valence-electron chi connectivity index (χ2n) is 19.6. The van der Waals surface area contributed by atoms with Crippen LogP contribution in [0.3, 0.4) is 0 Å². The lowest BCUT2D eigenvalue weighted by Crippen LogP contribution is -2.39. The van der Waals surface area contributed by atoms with Gasteiger partial charge < -0.3 is 14.2 Å². The molecular formula is C65H48N2O. The summed E-state index contributed by atoms with van der Waals surface area (Å²) >= 11 is 0. The largest absolute Gasteiger partial charge is 0.455 e. The second kappa shape index (κ2) is 14.4. The summed E-state index contributed by atoms with van der Waals surface area (Å²) in [4.78, 5) is 5.05. The van der Waals surface area contributed by atoms with Crippen molar-refractivity contribution in [3.05, 3.63) is 263 Å². The van der Waals surface area contributed by atoms with E-state index in [-0.39, 0.29) is 11.3 Å². The summed E-state index contributed by atoms with van der Waals surface area (Å²) in [5.41, 5.74) is 23.9. The minimum absolute atomic E-state index is 0.160. The highest BCUT2D eigenvalue weighted by Crippen LogP contribution is 2.66. The van der Waals surface area contributed by atoms with Gasteiger partial charge in [0.15, 0.2) is 0 Å². The Labute approximate surface area is 397 Å². The molecule has 0 bridgehead atoms. The van der Waals surface area contributed by atoms with Crippen LogP contribution in [-0.4, -0.2) is 0 Å². The van der Waals surface area contributed by atoms with Crippen LogP contribution in [0.25, 0.3) is 49.8 Å². The van der Waals surface area contributed by atoms with Crippen molar-refractivity contribution in [3.63, 3.8) is 0 Å². The summed E-state index contributed by atoms with van der Waals surface area (Å²) in [6.45, 7) is 7.22. The lowest BCUT2D eigenvalue weighted by Gasteiger charge is -2.47. The first-order valence-corrected chi connectivity index (χ1v) is 24.1. The number of hydrogen-bond acceptors (Lipinski definition) is 3. The van der Waals surface area contributed by atoms with Crippen molar-refractivity contribution in [1.29, 1.82) is 0 Å². The molecule has 0 radical (unpaired) electrons. The first-order chi connectivity index (χ1) is 33.4. The highest BCUT2D eigenvalue weighted by atomic mass is 16.3. The molecule has 1 aliphatic heterocycles. The quantitative estimate of drug-likeness (QED) is 0.172. The summed E-state index contributed by atoms with van der Waals surface area (Å²) in [5, 5.41) is 2.28. The van der Waals surface area contributed by atoms with Crippen molar-refractivity contribution in [3.8, 4) is 22.3 Å². The molecule has 4 aliphatic rings. The average molecular weight is 873 g/mol. The van der Waals surface area contributed by atoms with Gasteiger partial charge in [-0.05, 0) is 123 Å². The molecule has 1 spiro atoms. The zero-order valence-corrected chi connectivity index (χ0v) is 38.4. The standard InChI is InChI=1S/C65H48N2O/c1-41-32-39-59(61-51-22-8-11-26-53(51)65(62(41)61)54-27-12-14-29-57(54)67(43-18-5-4-6-19-43)58-30-15-13-28-55(58)65)66(45-37-38-48-47-20-7-10-25-52(47)64(2,3)56(48)40-45)44-35-33-42(34-36-44)46-23-17-24-50-49-21-9-16-31-60(49)68-63(46)50/h4-31,33-41H,32H2,1-3H3. The third kappa shape index (κ3) is 5.24. The highest BCUT2D eigenvalue weighted by Gasteiger charge is 2.55. The minimum atomic E-state index is -0.522. The van der Waals surface area contributed by atoms with E-state index in [9.17, 15) is 0 Å². The van der Waals surface area contributed by atoms with Gasteiger partial charge >= 0.3 is 0 Å². The number of para-hydroxylation sites is 5. The first kappa shape index (κ1) is 39.1. The van der Waals surface area contributed by atoms with E-state index in [1.807, 2.05) is 6.07 Å². The lowest BCUT2D eigenvalue weighted by molar-refractivity contribution is 0.577. The van der Waals surface area contributed by atoms with Gasteiger partial charge in [0.1, 0.15) is 11.2 Å². The molecule has 0 amide bonds. The number of rotatable bonds is 5. The number of anilines is 5. The maximum atomic E-state index is 6.57. The summed E-state index contributed by atoms with van der Waals surface area (Å²) in [7, 11) is 0. The molecule has 0 saturated carbocycles. The monoisotopic (exact) mass is 872 g/mol. The van der Waals surface area contributed by atoms with Crippen molar-refractivity contribution in [2.45, 2.75) is 38.0 Å². The SMILES string of the molecule is CC1CC=C(N(c2ccc(-c3cccc4c3oc3ccccc34)cc2)c2ccc3c(c2)C(C)(C)c2ccccc2-3)C2=C1C1(c3ccccc32)c2ccccc2N(c2ccccc2)c2ccccc21. The van der Waals surface area contributed by atoms with Gasteiger partial charge in [-0.25, -0.2) is 0 Å². The molecular weight excluding hydrogens is 825 g/mol. The molecule has 3 nitrogen and oxygen atoms in total. The van der Waals surface area contributed by atoms with Crippen molar-refractivity contribution in [2.75, 3.05) is 9.80 Å². The van der Waals surface area contributed by atoms with E-state index in [0.717, 1.165) is 56.5 Å². The molecule has 324 valence electrons. The van der Waals surface area contributed by atoms with E-state index >= 15 is 0 Å². The van der Waals surface area contributed by atoms with Crippen molar-refractivity contribution >= 4 is 55.9 Å². The summed E-state index contributed by atoms with van der Waals surface area (Å²) < 4.78 is 6.57. The van der Waals surface area contributed by atoms with Crippen LogP contribution in [0.1, 0.15) is 60.6 Å². The number of fused-ring (bicyclic) bond motifs is 14. The van der Waals surface area contributed by atoms with Crippen molar-refractivity contribution in [2.24, 2.45) is 5.92 Å². The van der Waals surface area contributed by atoms with Gasteiger partial charge in [0.25, 0.3) is 0 Å². The van der Waals surface area contributed by atoms with Crippen molar-refractivity contribution in [1.82, 2.24) is 0 Å². The van der Waals surface area contributed by atoms with Crippen LogP contribution in [0.5, 0.6) is 0 Å². The van der Waals surface area contributed by atoms with Gasteiger partial charge in [0, 0.05) is 44.4 Å². The van der Waals surface area contributed by atoms with Gasteiger partial charge in [-0.15, -0.1) is 0 Å². The predicted molar refractivity (Wildman–Crippen MR) is 282 cm³/mol. The van der Waals surface area contributed by atoms with E-state index in [2.05, 4.69) is 243 Å². The molecule has 1 unspecified atom stereocenters. The van der Waals surface area contributed by atoms with E-state index in [1.54, 1.807) is 0 Å². The maximum Gasteiger partial charge on any atom is 0.143 e. The topological polar surface area (TPSA) is 19.6 Å². The Kier molecular flexibility index (Phi) is 8.29. The molecule has 0 fully saturated rings. The molecule has 68 heavy (non-hydrogen) atoms. The normalized spacial score (nSPS) is 16.8. The first-order valence-electron chi connectivity index (χ1n) is 24.1. The molecule has 10 aromatic rings. The Balaban J connectivity index is 1.01. The number of furan rings is 1. The molecule has 0 saturated heterocycles. The lowest BCUT2D eigenvalue weighted by atomic mass is 9.60. The second-order valence-corrected chi connectivity index (χ2v) is 19.6. The molecule has 3 heteroatoms. The van der Waals surface area contributed by atoms with E-state index in [0.29, 0.717) is 0 Å². The maximum absolute atomic E-state index is 6.57. The van der Waals surface area contributed by atoms with E-state index in [4.69, 9.17) is 4.42 Å². The molecule has 3 aliphatic carbocycles. The van der Waals surface area contributed by atoms with Gasteiger partial charge in [0.05, 0.1) is 22.5 Å². The van der Waals surface area contributed by atoms with Crippen LogP contribution < -0.4 is 9.80 Å². The molecule has 9 aromatic carbocycles. The number of hydrogen-bond donors (Lipinski definition) is 0. The Morgan fingerprint density at radius 2 is 1.09 bits per heavy atom. The minimum Gasteiger partial charge on any atom is -0.455 e. The molecule has 1 atom stereocenters. The van der Waals surface area contributed by atoms with Crippen LogP contribution in [0, 0.1) is 5.92 Å². The smallest absolute Gasteiger partial charge is 0.143 e. The molecule has 0 N–H and O–H groups in total. The number of allylic oxidation sites excluding steroid dienone is 3. The Morgan fingerprint density at radius 1 is 0.500 bits per heavy atom. The number of benzene rings is 9. The number of nitrogens with zero attached hydrogens (tertiary/aromatic N) is 2. The highest BCUT2D eigenvalue weighted by molar-refractivity contribution is 6.10. The Morgan fingerprint density at radius 3 is 1.85 bits per heavy atom. The Bertz CT molecular complexity index is 3730. The third-order valence-corrected chi connectivity index (χ3v) is 15.7. The Hall–Kier alpha value is -8.14. The van der Waals surface area contributed by atoms with Gasteiger partial charge in [-0.2, -0.15) is 0 Å². The van der Waals surface area contributed by atoms with E-state index in [1.165, 1.54) is 72.7 Å². The van der Waals surface area contributed by atoms with Gasteiger partial charge in [-0.1, -0.05) is 185 Å². The summed E-state index contributed by atoms with van der Waals surface area (Å²) in [6, 6.07) is 78.8. The fourth-order valence-electron chi connectivity index (χ4n) is 12.8. The zero-order valence-electron chi connectivity index (χ0n) is 38.4. The molecule has 2 heterocycles. The van der Waals surface area contributed by atoms with Crippen LogP contribution >= 0.6 is 0 Å². The zero-order chi connectivity index (χ0) is 45.3. The fourth-order valence-corrected chi connectivity index (χ4v) is 12.8. The van der Waals surface area contributed by atoms with Crippen LogP contribution in [-0.2, 0) is 10.8 Å². The van der Waals surface area contributed by atoms with Crippen LogP contribution in [0.15, 0.2) is 234 Å². The fraction of sp³-hybridized carbons (Fsp3) is 0.108. The van der Waals surface area contributed by atoms with E-state index < -0.39 is 5.41 Å². The third-order valence-electron chi connectivity index (χ3n) is 15.7. The molecule has 14 rings (SSSR count). The summed E-state index contributed by atoms with van der Waals surface area (Å²) in [6.07, 6.45) is 3.44. The van der Waals surface area contributed by atoms with Gasteiger partial charge in [0.2, 0.25) is 0 Å². The predicted octanol–water partition coefficient (Wildman–Crippen LogP) is 17.2. The van der Waals surface area contributed by atoms with Crippen LogP contribution in [0.2, 0.25) is 0 Å². The average Bonchev–Trinajstić information content (AvgIpc) is 4.00.